The molecule has 28 heavy (non-hydrogen) atoms. The molecule has 2 N–H and O–H groups in total. The fourth-order valence-corrected chi connectivity index (χ4v) is 2.23. The summed E-state index contributed by atoms with van der Waals surface area (Å²) in [6, 6.07) is -1.74. The fraction of sp³-hybridized carbons (Fsp3) is 0.778. The lowest BCUT2D eigenvalue weighted by molar-refractivity contribution is -0.152. The van der Waals surface area contributed by atoms with Crippen molar-refractivity contribution in [1.82, 2.24) is 10.6 Å². The van der Waals surface area contributed by atoms with Crippen LogP contribution in [0.15, 0.2) is 0 Å². The molecule has 0 aromatic heterocycles. The molecule has 0 saturated carbocycles. The molecule has 0 saturated heterocycles. The highest BCUT2D eigenvalue weighted by molar-refractivity contribution is 5.83. The average Bonchev–Trinajstić information content (AvgIpc) is 2.63. The molecule has 10 nitrogen and oxygen atoms in total. The summed E-state index contributed by atoms with van der Waals surface area (Å²) in [4.78, 5) is 47.2. The third kappa shape index (κ3) is 11.5. The first kappa shape index (κ1) is 25.8. The molecule has 0 fully saturated rings. The van der Waals surface area contributed by atoms with E-state index in [-0.39, 0.29) is 52.4 Å². The maximum atomic E-state index is 12.0. The number of carbonyl (C=O) groups is 4. The van der Waals surface area contributed by atoms with E-state index in [9.17, 15) is 19.2 Å². The lowest BCUT2D eigenvalue weighted by Gasteiger charge is -2.19. The number of carbonyl (C=O) groups excluding carboxylic acids is 4. The summed E-state index contributed by atoms with van der Waals surface area (Å²) in [5, 5.41) is 5.78. The summed E-state index contributed by atoms with van der Waals surface area (Å²) in [5.74, 6) is -2.17. The van der Waals surface area contributed by atoms with E-state index < -0.39 is 36.0 Å². The van der Waals surface area contributed by atoms with Gasteiger partial charge in [-0.15, -0.1) is 0 Å². The standard InChI is InChI=1S/C18H32N2O8/c1-5-25-15(21)11-13(17(23)27-7-3)19-9-10-20-14(18(24)28-8-4)12-16(22)26-6-2/h13-14,19-20H,5-12H2,1-4H3/t13-,14-/m0/s1. The molecule has 0 aromatic carbocycles. The Labute approximate surface area is 165 Å². The molecule has 0 aliphatic rings. The van der Waals surface area contributed by atoms with Crippen molar-refractivity contribution in [3.05, 3.63) is 0 Å². The molecule has 0 amide bonds. The van der Waals surface area contributed by atoms with Gasteiger partial charge in [-0.2, -0.15) is 0 Å². The molecule has 0 rings (SSSR count). The van der Waals surface area contributed by atoms with Crippen molar-refractivity contribution >= 4 is 23.9 Å². The van der Waals surface area contributed by atoms with Crippen LogP contribution in [-0.4, -0.2) is 75.5 Å². The zero-order valence-electron chi connectivity index (χ0n) is 17.1. The van der Waals surface area contributed by atoms with E-state index in [0.29, 0.717) is 0 Å². The van der Waals surface area contributed by atoms with Gasteiger partial charge in [0, 0.05) is 13.1 Å². The minimum Gasteiger partial charge on any atom is -0.466 e. The van der Waals surface area contributed by atoms with Crippen LogP contribution in [0.1, 0.15) is 40.5 Å². The van der Waals surface area contributed by atoms with Gasteiger partial charge < -0.3 is 29.6 Å². The third-order valence-corrected chi connectivity index (χ3v) is 3.40. The van der Waals surface area contributed by atoms with E-state index in [2.05, 4.69) is 10.6 Å². The van der Waals surface area contributed by atoms with Crippen molar-refractivity contribution in [2.24, 2.45) is 0 Å². The molecule has 0 unspecified atom stereocenters. The molecule has 2 atom stereocenters. The van der Waals surface area contributed by atoms with Gasteiger partial charge in [0.1, 0.15) is 12.1 Å². The highest BCUT2D eigenvalue weighted by Gasteiger charge is 2.25. The zero-order valence-corrected chi connectivity index (χ0v) is 17.1. The van der Waals surface area contributed by atoms with Crippen molar-refractivity contribution in [2.45, 2.75) is 52.6 Å². The van der Waals surface area contributed by atoms with Crippen molar-refractivity contribution in [3.8, 4) is 0 Å². The van der Waals surface area contributed by atoms with Crippen LogP contribution in [0.2, 0.25) is 0 Å². The van der Waals surface area contributed by atoms with E-state index in [0.717, 1.165) is 0 Å². The molecule has 10 heteroatoms. The molecule has 0 aliphatic heterocycles. The highest BCUT2D eigenvalue weighted by atomic mass is 16.5. The van der Waals surface area contributed by atoms with Gasteiger partial charge in [0.05, 0.1) is 39.3 Å². The summed E-state index contributed by atoms with van der Waals surface area (Å²) in [7, 11) is 0. The summed E-state index contributed by atoms with van der Waals surface area (Å²) < 4.78 is 19.6. The first-order chi connectivity index (χ1) is 13.4. The Hall–Kier alpha value is -2.20. The Morgan fingerprint density at radius 1 is 0.607 bits per heavy atom. The summed E-state index contributed by atoms with van der Waals surface area (Å²) in [5.41, 5.74) is 0. The Morgan fingerprint density at radius 2 is 0.929 bits per heavy atom. The van der Waals surface area contributed by atoms with Crippen molar-refractivity contribution in [3.63, 3.8) is 0 Å². The first-order valence-electron chi connectivity index (χ1n) is 9.50. The number of hydrogen-bond acceptors (Lipinski definition) is 10. The molecule has 0 aliphatic carbocycles. The van der Waals surface area contributed by atoms with Crippen LogP contribution in [0, 0.1) is 0 Å². The molecule has 0 aromatic rings. The maximum absolute atomic E-state index is 12.0. The van der Waals surface area contributed by atoms with Crippen molar-refractivity contribution in [2.75, 3.05) is 39.5 Å². The van der Waals surface area contributed by atoms with Crippen LogP contribution in [0.25, 0.3) is 0 Å². The summed E-state index contributed by atoms with van der Waals surface area (Å²) in [6.45, 7) is 7.95. The zero-order chi connectivity index (χ0) is 21.4. The molecule has 0 radical (unpaired) electrons. The Morgan fingerprint density at radius 3 is 1.21 bits per heavy atom. The molecule has 162 valence electrons. The van der Waals surface area contributed by atoms with Gasteiger partial charge in [0.15, 0.2) is 0 Å². The van der Waals surface area contributed by atoms with Crippen LogP contribution < -0.4 is 10.6 Å². The van der Waals surface area contributed by atoms with E-state index in [4.69, 9.17) is 18.9 Å². The van der Waals surface area contributed by atoms with Crippen LogP contribution in [-0.2, 0) is 38.1 Å². The van der Waals surface area contributed by atoms with Crippen molar-refractivity contribution in [1.29, 1.82) is 0 Å². The Kier molecular flexibility index (Phi) is 14.6. The SMILES string of the molecule is CCOC(=O)C[C@H](NCCN[C@@H](CC(=O)OCC)C(=O)OCC)C(=O)OCC. The predicted molar refractivity (Wildman–Crippen MR) is 99.3 cm³/mol. The number of rotatable bonds is 15. The molecule has 0 heterocycles. The van der Waals surface area contributed by atoms with Crippen LogP contribution >= 0.6 is 0 Å². The van der Waals surface area contributed by atoms with E-state index in [1.807, 2.05) is 0 Å². The second-order valence-corrected chi connectivity index (χ2v) is 5.54. The number of ether oxygens (including phenoxy) is 4. The topological polar surface area (TPSA) is 129 Å². The maximum Gasteiger partial charge on any atom is 0.323 e. The van der Waals surface area contributed by atoms with Gasteiger partial charge in [-0.3, -0.25) is 19.2 Å². The van der Waals surface area contributed by atoms with Gasteiger partial charge in [-0.1, -0.05) is 0 Å². The number of hydrogen-bond donors (Lipinski definition) is 2. The molecule has 0 spiro atoms. The Bertz CT molecular complexity index is 454. The van der Waals surface area contributed by atoms with Gasteiger partial charge in [0.25, 0.3) is 0 Å². The van der Waals surface area contributed by atoms with E-state index >= 15 is 0 Å². The van der Waals surface area contributed by atoms with Gasteiger partial charge >= 0.3 is 23.9 Å². The van der Waals surface area contributed by atoms with Crippen molar-refractivity contribution < 1.29 is 38.1 Å². The third-order valence-electron chi connectivity index (χ3n) is 3.40. The minimum atomic E-state index is -0.869. The predicted octanol–water partition coefficient (Wildman–Crippen LogP) is -0.0646. The lowest BCUT2D eigenvalue weighted by atomic mass is 10.2. The van der Waals surface area contributed by atoms with Gasteiger partial charge in [0.2, 0.25) is 0 Å². The van der Waals surface area contributed by atoms with Crippen LogP contribution in [0.3, 0.4) is 0 Å². The molecular weight excluding hydrogens is 372 g/mol. The monoisotopic (exact) mass is 404 g/mol. The summed E-state index contributed by atoms with van der Waals surface area (Å²) in [6.07, 6.45) is -0.340. The van der Waals surface area contributed by atoms with E-state index in [1.165, 1.54) is 0 Å². The average molecular weight is 404 g/mol. The first-order valence-corrected chi connectivity index (χ1v) is 9.50. The fourth-order valence-electron chi connectivity index (χ4n) is 2.23. The second kappa shape index (κ2) is 15.8. The second-order valence-electron chi connectivity index (χ2n) is 5.54. The summed E-state index contributed by atoms with van der Waals surface area (Å²) >= 11 is 0. The minimum absolute atomic E-state index is 0.170. The highest BCUT2D eigenvalue weighted by Crippen LogP contribution is 2.01. The molecule has 0 bridgehead atoms. The quantitative estimate of drug-likeness (QED) is 0.217. The smallest absolute Gasteiger partial charge is 0.323 e. The number of nitrogens with one attached hydrogen (secondary N) is 2. The molecular formula is C18H32N2O8. The van der Waals surface area contributed by atoms with E-state index in [1.54, 1.807) is 27.7 Å². The Balaban J connectivity index is 4.65. The normalized spacial score (nSPS) is 12.6. The van der Waals surface area contributed by atoms with Gasteiger partial charge in [-0.25, -0.2) is 0 Å². The largest absolute Gasteiger partial charge is 0.466 e. The number of esters is 4. The van der Waals surface area contributed by atoms with Gasteiger partial charge in [-0.05, 0) is 27.7 Å². The van der Waals surface area contributed by atoms with Crippen LogP contribution in [0.5, 0.6) is 0 Å². The lowest BCUT2D eigenvalue weighted by Crippen LogP contribution is -2.46. The van der Waals surface area contributed by atoms with Crippen LogP contribution in [0.4, 0.5) is 0 Å².